The van der Waals surface area contributed by atoms with E-state index in [-0.39, 0.29) is 11.9 Å². The third kappa shape index (κ3) is 1.51. The molecule has 16 heavy (non-hydrogen) atoms. The number of ether oxygens (including phenoxy) is 1. The molecule has 0 aliphatic carbocycles. The van der Waals surface area contributed by atoms with Gasteiger partial charge in [0.25, 0.3) is 0 Å². The van der Waals surface area contributed by atoms with E-state index in [1.807, 2.05) is 0 Å². The first-order valence-corrected chi connectivity index (χ1v) is 5.22. The van der Waals surface area contributed by atoms with Crippen LogP contribution >= 0.6 is 0 Å². The van der Waals surface area contributed by atoms with Gasteiger partial charge in [-0.2, -0.15) is 0 Å². The number of imidazole rings is 1. The monoisotopic (exact) mass is 218 g/mol. The molecule has 1 aromatic carbocycles. The molecular weight excluding hydrogens is 207 g/mol. The summed E-state index contributed by atoms with van der Waals surface area (Å²) in [5, 5.41) is 0. The van der Waals surface area contributed by atoms with Crippen LogP contribution in [0.3, 0.4) is 0 Å². The lowest BCUT2D eigenvalue weighted by Gasteiger charge is -2.24. The minimum absolute atomic E-state index is 0.128. The summed E-state index contributed by atoms with van der Waals surface area (Å²) in [6.07, 6.45) is 3.47. The van der Waals surface area contributed by atoms with Crippen molar-refractivity contribution in [1.29, 1.82) is 0 Å². The van der Waals surface area contributed by atoms with Crippen LogP contribution in [0, 0.1) is 5.82 Å². The van der Waals surface area contributed by atoms with Crippen LogP contribution in [0.15, 0.2) is 36.8 Å². The highest BCUT2D eigenvalue weighted by atomic mass is 19.1. The lowest BCUT2D eigenvalue weighted by atomic mass is 10.1. The van der Waals surface area contributed by atoms with E-state index in [1.54, 1.807) is 24.7 Å². The summed E-state index contributed by atoms with van der Waals surface area (Å²) in [4.78, 5) is 4.11. The topological polar surface area (TPSA) is 27.1 Å². The van der Waals surface area contributed by atoms with E-state index in [4.69, 9.17) is 4.74 Å². The number of rotatable bonds is 1. The average Bonchev–Trinajstić information content (AvgIpc) is 2.78. The molecule has 0 spiro atoms. The molecule has 82 valence electrons. The predicted molar refractivity (Wildman–Crippen MR) is 56.4 cm³/mol. The molecule has 2 aromatic rings. The van der Waals surface area contributed by atoms with Crippen molar-refractivity contribution < 1.29 is 9.13 Å². The summed E-state index contributed by atoms with van der Waals surface area (Å²) in [7, 11) is 0. The Morgan fingerprint density at radius 3 is 2.94 bits per heavy atom. The molecule has 0 fully saturated rings. The lowest BCUT2D eigenvalue weighted by Crippen LogP contribution is -2.21. The molecule has 1 atom stereocenters. The second-order valence-electron chi connectivity index (χ2n) is 3.81. The second-order valence-corrected chi connectivity index (χ2v) is 3.81. The van der Waals surface area contributed by atoms with Gasteiger partial charge < -0.3 is 9.30 Å². The van der Waals surface area contributed by atoms with Crippen molar-refractivity contribution in [2.45, 2.75) is 12.6 Å². The fourth-order valence-corrected chi connectivity index (χ4v) is 1.99. The van der Waals surface area contributed by atoms with Gasteiger partial charge in [0.05, 0.1) is 24.8 Å². The maximum atomic E-state index is 12.8. The number of fused-ring (bicyclic) bond motifs is 1. The van der Waals surface area contributed by atoms with Crippen LogP contribution in [0.2, 0.25) is 0 Å². The van der Waals surface area contributed by atoms with Gasteiger partial charge in [0.2, 0.25) is 0 Å². The van der Waals surface area contributed by atoms with Gasteiger partial charge in [-0.05, 0) is 17.7 Å². The molecule has 4 heteroatoms. The highest BCUT2D eigenvalue weighted by Crippen LogP contribution is 2.28. The Hall–Kier alpha value is -1.68. The van der Waals surface area contributed by atoms with Crippen LogP contribution in [0.1, 0.15) is 17.4 Å². The van der Waals surface area contributed by atoms with Gasteiger partial charge in [-0.3, -0.25) is 0 Å². The zero-order valence-corrected chi connectivity index (χ0v) is 8.64. The quantitative estimate of drug-likeness (QED) is 0.733. The zero-order valence-electron chi connectivity index (χ0n) is 8.64. The van der Waals surface area contributed by atoms with E-state index in [0.29, 0.717) is 6.61 Å². The summed E-state index contributed by atoms with van der Waals surface area (Å²) < 4.78 is 20.6. The normalized spacial score (nSPS) is 19.4. The maximum absolute atomic E-state index is 12.8. The van der Waals surface area contributed by atoms with Crippen molar-refractivity contribution in [2.24, 2.45) is 0 Å². The van der Waals surface area contributed by atoms with Crippen LogP contribution in [0.5, 0.6) is 0 Å². The summed E-state index contributed by atoms with van der Waals surface area (Å²) in [6, 6.07) is 6.41. The Morgan fingerprint density at radius 1 is 1.31 bits per heavy atom. The van der Waals surface area contributed by atoms with Gasteiger partial charge in [-0.15, -0.1) is 0 Å². The second kappa shape index (κ2) is 3.72. The Kier molecular flexibility index (Phi) is 2.22. The van der Waals surface area contributed by atoms with Crippen LogP contribution < -0.4 is 0 Å². The molecule has 1 aromatic heterocycles. The van der Waals surface area contributed by atoms with Crippen LogP contribution in [0.4, 0.5) is 4.39 Å². The standard InChI is InChI=1S/C12H11FN2O/c13-10-3-1-9(2-4-10)12-11-7-14-8-15(11)5-6-16-12/h1-4,7-8,12H,5-6H2. The molecule has 0 bridgehead atoms. The summed E-state index contributed by atoms with van der Waals surface area (Å²) in [5.74, 6) is -0.229. The molecule has 1 aliphatic heterocycles. The molecule has 0 saturated heterocycles. The third-order valence-corrected chi connectivity index (χ3v) is 2.80. The maximum Gasteiger partial charge on any atom is 0.124 e. The highest BCUT2D eigenvalue weighted by molar-refractivity contribution is 5.26. The minimum Gasteiger partial charge on any atom is -0.365 e. The van der Waals surface area contributed by atoms with Crippen molar-refractivity contribution in [3.05, 3.63) is 53.9 Å². The van der Waals surface area contributed by atoms with Crippen molar-refractivity contribution >= 4 is 0 Å². The van der Waals surface area contributed by atoms with Gasteiger partial charge in [0, 0.05) is 6.54 Å². The van der Waals surface area contributed by atoms with E-state index >= 15 is 0 Å². The van der Waals surface area contributed by atoms with Gasteiger partial charge in [0.15, 0.2) is 0 Å². The molecule has 0 amide bonds. The molecule has 0 saturated carbocycles. The minimum atomic E-state index is -0.229. The number of hydrogen-bond acceptors (Lipinski definition) is 2. The van der Waals surface area contributed by atoms with Crippen molar-refractivity contribution in [2.75, 3.05) is 6.61 Å². The number of nitrogens with zero attached hydrogens (tertiary/aromatic N) is 2. The summed E-state index contributed by atoms with van der Waals surface area (Å²) >= 11 is 0. The SMILES string of the molecule is Fc1ccc(C2OCCn3cncc32)cc1. The first kappa shape index (κ1) is 9.54. The van der Waals surface area contributed by atoms with E-state index in [0.717, 1.165) is 17.8 Å². The average molecular weight is 218 g/mol. The molecule has 1 aliphatic rings. The van der Waals surface area contributed by atoms with Gasteiger partial charge in [-0.1, -0.05) is 12.1 Å². The van der Waals surface area contributed by atoms with Gasteiger partial charge in [0.1, 0.15) is 11.9 Å². The smallest absolute Gasteiger partial charge is 0.124 e. The van der Waals surface area contributed by atoms with Crippen molar-refractivity contribution in [3.8, 4) is 0 Å². The first-order valence-electron chi connectivity index (χ1n) is 5.22. The molecule has 0 radical (unpaired) electrons. The fourth-order valence-electron chi connectivity index (χ4n) is 1.99. The number of aromatic nitrogens is 2. The fraction of sp³-hybridized carbons (Fsp3) is 0.250. The third-order valence-electron chi connectivity index (χ3n) is 2.80. The van der Waals surface area contributed by atoms with Gasteiger partial charge >= 0.3 is 0 Å². The Morgan fingerprint density at radius 2 is 2.12 bits per heavy atom. The number of hydrogen-bond donors (Lipinski definition) is 0. The Labute approximate surface area is 92.5 Å². The predicted octanol–water partition coefficient (Wildman–Crippen LogP) is 2.14. The molecule has 3 nitrogen and oxygen atoms in total. The number of halogens is 1. The first-order chi connectivity index (χ1) is 7.84. The van der Waals surface area contributed by atoms with Crippen LogP contribution in [-0.2, 0) is 11.3 Å². The van der Waals surface area contributed by atoms with Crippen molar-refractivity contribution in [1.82, 2.24) is 9.55 Å². The molecule has 0 N–H and O–H groups in total. The van der Waals surface area contributed by atoms with Crippen molar-refractivity contribution in [3.63, 3.8) is 0 Å². The van der Waals surface area contributed by atoms with E-state index in [2.05, 4.69) is 9.55 Å². The molecular formula is C12H11FN2O. The largest absolute Gasteiger partial charge is 0.365 e. The number of benzene rings is 1. The Bertz CT molecular complexity index is 492. The highest BCUT2D eigenvalue weighted by Gasteiger charge is 2.22. The van der Waals surface area contributed by atoms with Crippen LogP contribution in [0.25, 0.3) is 0 Å². The van der Waals surface area contributed by atoms with E-state index in [1.165, 1.54) is 12.1 Å². The summed E-state index contributed by atoms with van der Waals surface area (Å²) in [6.45, 7) is 1.48. The van der Waals surface area contributed by atoms with Gasteiger partial charge in [-0.25, -0.2) is 9.37 Å². The van der Waals surface area contributed by atoms with Crippen LogP contribution in [-0.4, -0.2) is 16.2 Å². The molecule has 2 heterocycles. The Balaban J connectivity index is 2.00. The molecule has 3 rings (SSSR count). The van der Waals surface area contributed by atoms with E-state index in [9.17, 15) is 4.39 Å². The lowest BCUT2D eigenvalue weighted by molar-refractivity contribution is 0.0464. The molecule has 1 unspecified atom stereocenters. The zero-order chi connectivity index (χ0) is 11.0. The summed E-state index contributed by atoms with van der Waals surface area (Å²) in [5.41, 5.74) is 1.99. The van der Waals surface area contributed by atoms with E-state index < -0.39 is 0 Å².